The second-order valence-corrected chi connectivity index (χ2v) is 7.74. The molecule has 4 rings (SSSR count). The third-order valence-corrected chi connectivity index (χ3v) is 5.55. The molecule has 29 heavy (non-hydrogen) atoms. The van der Waals surface area contributed by atoms with Crippen molar-refractivity contribution in [2.24, 2.45) is 0 Å². The quantitative estimate of drug-likeness (QED) is 0.449. The van der Waals surface area contributed by atoms with E-state index in [1.54, 1.807) is 28.9 Å². The van der Waals surface area contributed by atoms with E-state index in [0.717, 1.165) is 22.6 Å². The van der Waals surface area contributed by atoms with Gasteiger partial charge in [0.05, 0.1) is 10.4 Å². The standard InChI is InChI=1S/C20H13ClF3N3OS/c21-15-7-1-12(2-8-15)9-25-18(28)16-10-27-11-17(29-19(27)26-16)13-3-5-14(6-4-13)20(22,23)24/h1-8,10-11H,9H2,(H,25,28). The lowest BCUT2D eigenvalue weighted by atomic mass is 10.1. The summed E-state index contributed by atoms with van der Waals surface area (Å²) in [6.07, 6.45) is -1.03. The van der Waals surface area contributed by atoms with Gasteiger partial charge in [-0.1, -0.05) is 47.2 Å². The number of thiazole rings is 1. The highest BCUT2D eigenvalue weighted by Gasteiger charge is 2.30. The minimum absolute atomic E-state index is 0.268. The molecule has 2 aromatic carbocycles. The number of carbonyl (C=O) groups excluding carboxylic acids is 1. The molecule has 2 aromatic heterocycles. The average molecular weight is 436 g/mol. The third kappa shape index (κ3) is 4.28. The second kappa shape index (κ2) is 7.53. The third-order valence-electron chi connectivity index (χ3n) is 4.25. The van der Waals surface area contributed by atoms with Crippen molar-refractivity contribution in [1.29, 1.82) is 0 Å². The number of alkyl halides is 3. The van der Waals surface area contributed by atoms with Crippen LogP contribution in [0.5, 0.6) is 0 Å². The van der Waals surface area contributed by atoms with E-state index in [1.807, 2.05) is 12.1 Å². The lowest BCUT2D eigenvalue weighted by Crippen LogP contribution is -2.23. The normalized spacial score (nSPS) is 11.7. The van der Waals surface area contributed by atoms with Gasteiger partial charge in [-0.25, -0.2) is 4.98 Å². The number of amides is 1. The van der Waals surface area contributed by atoms with E-state index in [4.69, 9.17) is 11.6 Å². The topological polar surface area (TPSA) is 46.4 Å². The Morgan fingerprint density at radius 3 is 2.38 bits per heavy atom. The molecular weight excluding hydrogens is 423 g/mol. The number of carbonyl (C=O) groups is 1. The number of fused-ring (bicyclic) bond motifs is 1. The number of hydrogen-bond acceptors (Lipinski definition) is 3. The molecule has 0 aliphatic carbocycles. The molecule has 0 radical (unpaired) electrons. The lowest BCUT2D eigenvalue weighted by Gasteiger charge is -2.06. The van der Waals surface area contributed by atoms with Crippen molar-refractivity contribution < 1.29 is 18.0 Å². The van der Waals surface area contributed by atoms with Gasteiger partial charge in [0.15, 0.2) is 4.96 Å². The first-order chi connectivity index (χ1) is 13.8. The van der Waals surface area contributed by atoms with Crippen LogP contribution in [-0.4, -0.2) is 15.3 Å². The van der Waals surface area contributed by atoms with Crippen molar-refractivity contribution >= 4 is 33.8 Å². The highest BCUT2D eigenvalue weighted by atomic mass is 35.5. The average Bonchev–Trinajstić information content (AvgIpc) is 3.26. The summed E-state index contributed by atoms with van der Waals surface area (Å²) in [5.41, 5.74) is 1.14. The molecule has 148 valence electrons. The fourth-order valence-electron chi connectivity index (χ4n) is 2.74. The van der Waals surface area contributed by atoms with E-state index in [-0.39, 0.29) is 11.6 Å². The molecule has 4 nitrogen and oxygen atoms in total. The number of hydrogen-bond donors (Lipinski definition) is 1. The van der Waals surface area contributed by atoms with Gasteiger partial charge in [0.1, 0.15) is 5.69 Å². The Balaban J connectivity index is 1.47. The van der Waals surface area contributed by atoms with Gasteiger partial charge in [-0.3, -0.25) is 9.20 Å². The summed E-state index contributed by atoms with van der Waals surface area (Å²) < 4.78 is 39.8. The van der Waals surface area contributed by atoms with E-state index in [0.29, 0.717) is 22.1 Å². The Kier molecular flexibility index (Phi) is 5.06. The largest absolute Gasteiger partial charge is 0.416 e. The first kappa shape index (κ1) is 19.5. The zero-order chi connectivity index (χ0) is 20.6. The number of benzene rings is 2. The van der Waals surface area contributed by atoms with Crippen LogP contribution in [0.15, 0.2) is 60.9 Å². The Morgan fingerprint density at radius 2 is 1.76 bits per heavy atom. The number of rotatable bonds is 4. The van der Waals surface area contributed by atoms with Crippen molar-refractivity contribution in [3.63, 3.8) is 0 Å². The zero-order valence-corrected chi connectivity index (χ0v) is 16.3. The predicted molar refractivity (Wildman–Crippen MR) is 106 cm³/mol. The van der Waals surface area contributed by atoms with Gasteiger partial charge in [-0.05, 0) is 35.4 Å². The van der Waals surface area contributed by atoms with Gasteiger partial charge < -0.3 is 5.32 Å². The monoisotopic (exact) mass is 435 g/mol. The van der Waals surface area contributed by atoms with Gasteiger partial charge in [-0.2, -0.15) is 13.2 Å². The summed E-state index contributed by atoms with van der Waals surface area (Å²) in [6.45, 7) is 0.345. The maximum absolute atomic E-state index is 12.7. The molecule has 9 heteroatoms. The van der Waals surface area contributed by atoms with Crippen LogP contribution in [0.3, 0.4) is 0 Å². The van der Waals surface area contributed by atoms with Crippen LogP contribution >= 0.6 is 22.9 Å². The maximum atomic E-state index is 12.7. The van der Waals surface area contributed by atoms with Crippen LogP contribution in [0.4, 0.5) is 13.2 Å². The van der Waals surface area contributed by atoms with Crippen LogP contribution < -0.4 is 5.32 Å². The van der Waals surface area contributed by atoms with Crippen LogP contribution in [-0.2, 0) is 12.7 Å². The van der Waals surface area contributed by atoms with Crippen LogP contribution in [0, 0.1) is 0 Å². The summed E-state index contributed by atoms with van der Waals surface area (Å²) in [4.78, 5) is 18.0. The Hall–Kier alpha value is -2.84. The van der Waals surface area contributed by atoms with Crippen LogP contribution in [0.1, 0.15) is 21.6 Å². The van der Waals surface area contributed by atoms with Crippen molar-refractivity contribution in [3.8, 4) is 10.4 Å². The van der Waals surface area contributed by atoms with E-state index in [1.165, 1.54) is 23.5 Å². The minimum Gasteiger partial charge on any atom is -0.347 e. The van der Waals surface area contributed by atoms with Gasteiger partial charge >= 0.3 is 6.18 Å². The first-order valence-corrected chi connectivity index (χ1v) is 9.68. The van der Waals surface area contributed by atoms with E-state index < -0.39 is 11.7 Å². The second-order valence-electron chi connectivity index (χ2n) is 6.30. The van der Waals surface area contributed by atoms with Gasteiger partial charge in [0.25, 0.3) is 5.91 Å². The highest BCUT2D eigenvalue weighted by Crippen LogP contribution is 2.33. The molecule has 0 saturated heterocycles. The summed E-state index contributed by atoms with van der Waals surface area (Å²) in [6, 6.07) is 12.1. The maximum Gasteiger partial charge on any atom is 0.416 e. The predicted octanol–water partition coefficient (Wildman–Crippen LogP) is 5.67. The SMILES string of the molecule is O=C(NCc1ccc(Cl)cc1)c1cn2cc(-c3ccc(C(F)(F)F)cc3)sc2n1. The van der Waals surface area contributed by atoms with E-state index >= 15 is 0 Å². The molecule has 1 N–H and O–H groups in total. The number of nitrogens with one attached hydrogen (secondary N) is 1. The molecule has 4 aromatic rings. The summed E-state index contributed by atoms with van der Waals surface area (Å²) in [7, 11) is 0. The van der Waals surface area contributed by atoms with Crippen LogP contribution in [0.2, 0.25) is 5.02 Å². The molecule has 1 amide bonds. The summed E-state index contributed by atoms with van der Waals surface area (Å²) in [5, 5.41) is 3.42. The number of halogens is 4. The number of aromatic nitrogens is 2. The van der Waals surface area contributed by atoms with Gasteiger partial charge in [0, 0.05) is 24.0 Å². The summed E-state index contributed by atoms with van der Waals surface area (Å²) in [5.74, 6) is -0.313. The molecule has 0 saturated carbocycles. The van der Waals surface area contributed by atoms with Gasteiger partial charge in [0.2, 0.25) is 0 Å². The molecule has 0 aliphatic heterocycles. The smallest absolute Gasteiger partial charge is 0.347 e. The van der Waals surface area contributed by atoms with Crippen molar-refractivity contribution in [2.45, 2.75) is 12.7 Å². The van der Waals surface area contributed by atoms with Gasteiger partial charge in [-0.15, -0.1) is 0 Å². The number of nitrogens with zero attached hydrogens (tertiary/aromatic N) is 2. The van der Waals surface area contributed by atoms with Crippen molar-refractivity contribution in [2.75, 3.05) is 0 Å². The minimum atomic E-state index is -4.36. The van der Waals surface area contributed by atoms with E-state index in [2.05, 4.69) is 10.3 Å². The first-order valence-electron chi connectivity index (χ1n) is 8.48. The Labute approximate surface area is 172 Å². The van der Waals surface area contributed by atoms with E-state index in [9.17, 15) is 18.0 Å². The Bertz CT molecular complexity index is 1130. The molecule has 0 aliphatic rings. The Morgan fingerprint density at radius 1 is 1.07 bits per heavy atom. The number of imidazole rings is 1. The molecule has 0 atom stereocenters. The molecule has 0 bridgehead atoms. The lowest BCUT2D eigenvalue weighted by molar-refractivity contribution is -0.137. The van der Waals surface area contributed by atoms with Crippen molar-refractivity contribution in [1.82, 2.24) is 14.7 Å². The fraction of sp³-hybridized carbons (Fsp3) is 0.100. The molecular formula is C20H13ClF3N3OS. The molecule has 0 spiro atoms. The molecule has 0 unspecified atom stereocenters. The molecule has 2 heterocycles. The van der Waals surface area contributed by atoms with Crippen LogP contribution in [0.25, 0.3) is 15.4 Å². The zero-order valence-electron chi connectivity index (χ0n) is 14.7. The fourth-order valence-corrected chi connectivity index (χ4v) is 3.83. The van der Waals surface area contributed by atoms with Crippen molar-refractivity contribution in [3.05, 3.63) is 82.8 Å². The molecule has 0 fully saturated rings. The summed E-state index contributed by atoms with van der Waals surface area (Å²) >= 11 is 7.13. The highest BCUT2D eigenvalue weighted by molar-refractivity contribution is 7.20.